The van der Waals surface area contributed by atoms with Gasteiger partial charge >= 0.3 is 0 Å². The number of hydrogen-bond acceptors (Lipinski definition) is 6. The molecule has 4 aromatic rings. The Morgan fingerprint density at radius 3 is 2.46 bits per heavy atom. The van der Waals surface area contributed by atoms with Gasteiger partial charge in [0.25, 0.3) is 5.91 Å². The van der Waals surface area contributed by atoms with E-state index < -0.39 is 0 Å². The number of nitrogens with one attached hydrogen (secondary N) is 1. The summed E-state index contributed by atoms with van der Waals surface area (Å²) in [6.07, 6.45) is 1.82. The van der Waals surface area contributed by atoms with Crippen LogP contribution in [0.3, 0.4) is 0 Å². The average Bonchev–Trinajstić information content (AvgIpc) is 3.28. The van der Waals surface area contributed by atoms with Gasteiger partial charge in [-0.2, -0.15) is 0 Å². The number of hydrogen-bond donors (Lipinski definition) is 1. The Kier molecular flexibility index (Phi) is 5.92. The number of aromatic nitrogens is 2. The van der Waals surface area contributed by atoms with Crippen molar-refractivity contribution < 1.29 is 9.59 Å². The van der Waals surface area contributed by atoms with E-state index in [-0.39, 0.29) is 17.2 Å². The highest BCUT2D eigenvalue weighted by atomic mass is 32.1. The number of nitrogens with zero attached hydrogens (tertiary/aromatic N) is 4. The first-order valence-electron chi connectivity index (χ1n) is 11.8. The van der Waals surface area contributed by atoms with Gasteiger partial charge in [0.05, 0.1) is 10.4 Å². The van der Waals surface area contributed by atoms with E-state index in [0.29, 0.717) is 37.0 Å². The molecule has 0 unspecified atom stereocenters. The monoisotopic (exact) mass is 487 g/mol. The predicted molar refractivity (Wildman–Crippen MR) is 142 cm³/mol. The van der Waals surface area contributed by atoms with E-state index in [1.807, 2.05) is 41.4 Å². The molecule has 1 N–H and O–H groups in total. The average molecular weight is 488 g/mol. The van der Waals surface area contributed by atoms with Crippen LogP contribution in [0.2, 0.25) is 0 Å². The second-order valence-corrected chi connectivity index (χ2v) is 11.1. The molecule has 0 atom stereocenters. The van der Waals surface area contributed by atoms with Crippen LogP contribution < -0.4 is 5.32 Å². The number of carbonyl (C=O) groups excluding carboxylic acids is 2. The molecule has 7 nitrogen and oxygen atoms in total. The SMILES string of the molecule is CC(=O)N1CCN(C(=O)c2cc3c(ccc4cnc(Nc5cccc(C(C)(C)C)c5)nc43)s2)CC1. The molecule has 2 aromatic carbocycles. The third kappa shape index (κ3) is 4.71. The van der Waals surface area contributed by atoms with E-state index in [9.17, 15) is 9.59 Å². The lowest BCUT2D eigenvalue weighted by atomic mass is 9.87. The summed E-state index contributed by atoms with van der Waals surface area (Å²) < 4.78 is 1.02. The van der Waals surface area contributed by atoms with Crippen LogP contribution in [-0.4, -0.2) is 57.8 Å². The maximum absolute atomic E-state index is 13.2. The minimum Gasteiger partial charge on any atom is -0.339 e. The largest absolute Gasteiger partial charge is 0.339 e. The summed E-state index contributed by atoms with van der Waals surface area (Å²) in [4.78, 5) is 38.4. The number of thiophene rings is 1. The summed E-state index contributed by atoms with van der Waals surface area (Å²) in [7, 11) is 0. The molecule has 180 valence electrons. The smallest absolute Gasteiger partial charge is 0.264 e. The third-order valence-corrected chi connectivity index (χ3v) is 7.54. The molecule has 1 fully saturated rings. The van der Waals surface area contributed by atoms with Crippen molar-refractivity contribution in [2.45, 2.75) is 33.1 Å². The van der Waals surface area contributed by atoms with Crippen molar-refractivity contribution in [3.63, 3.8) is 0 Å². The van der Waals surface area contributed by atoms with Gasteiger partial charge in [-0.3, -0.25) is 9.59 Å². The Balaban J connectivity index is 1.43. The minimum atomic E-state index is 0.00829. The van der Waals surface area contributed by atoms with Crippen LogP contribution in [0.5, 0.6) is 0 Å². The Bertz CT molecular complexity index is 1430. The number of anilines is 2. The van der Waals surface area contributed by atoms with Crippen LogP contribution in [0, 0.1) is 0 Å². The fourth-order valence-electron chi connectivity index (χ4n) is 4.35. The molecule has 8 heteroatoms. The molecule has 0 radical (unpaired) electrons. The fourth-order valence-corrected chi connectivity index (χ4v) is 5.38. The first kappa shape index (κ1) is 23.2. The molecule has 3 heterocycles. The van der Waals surface area contributed by atoms with Crippen molar-refractivity contribution in [1.82, 2.24) is 19.8 Å². The molecule has 2 aromatic heterocycles. The number of piperazine rings is 1. The second-order valence-electron chi connectivity index (χ2n) is 9.97. The van der Waals surface area contributed by atoms with E-state index in [4.69, 9.17) is 4.98 Å². The summed E-state index contributed by atoms with van der Waals surface area (Å²) in [5, 5.41) is 5.22. The van der Waals surface area contributed by atoms with Crippen molar-refractivity contribution in [2.24, 2.45) is 0 Å². The lowest BCUT2D eigenvalue weighted by Crippen LogP contribution is -2.49. The molecule has 1 aliphatic rings. The number of carbonyl (C=O) groups is 2. The van der Waals surface area contributed by atoms with Crippen molar-refractivity contribution >= 4 is 55.8 Å². The summed E-state index contributed by atoms with van der Waals surface area (Å²) in [5.74, 6) is 0.587. The quantitative estimate of drug-likeness (QED) is 0.430. The molecule has 1 saturated heterocycles. The maximum atomic E-state index is 13.2. The van der Waals surface area contributed by atoms with Crippen LogP contribution in [0.4, 0.5) is 11.6 Å². The van der Waals surface area contributed by atoms with Crippen LogP contribution in [0.15, 0.2) is 48.7 Å². The number of rotatable bonds is 3. The van der Waals surface area contributed by atoms with Gasteiger partial charge in [-0.05, 0) is 41.3 Å². The molecule has 0 spiro atoms. The van der Waals surface area contributed by atoms with Crippen molar-refractivity contribution in [3.05, 3.63) is 59.1 Å². The molecular formula is C27H29N5O2S. The Morgan fingerprint density at radius 2 is 1.74 bits per heavy atom. The standard InChI is InChI=1S/C27H29N5O2S/c1-17(33)31-10-12-32(13-11-31)25(34)23-15-21-22(35-23)9-8-18-16-28-26(30-24(18)21)29-20-7-5-6-19(14-20)27(2,3)4/h5-9,14-16H,10-13H2,1-4H3,(H,28,29,30). The highest BCUT2D eigenvalue weighted by molar-refractivity contribution is 7.21. The lowest BCUT2D eigenvalue weighted by Gasteiger charge is -2.33. The van der Waals surface area contributed by atoms with Gasteiger partial charge in [-0.25, -0.2) is 9.97 Å². The van der Waals surface area contributed by atoms with Crippen LogP contribution in [0.25, 0.3) is 21.0 Å². The minimum absolute atomic E-state index is 0.00829. The fraction of sp³-hybridized carbons (Fsp3) is 0.333. The molecule has 1 aliphatic heterocycles. The van der Waals surface area contributed by atoms with E-state index in [0.717, 1.165) is 26.7 Å². The van der Waals surface area contributed by atoms with E-state index in [2.05, 4.69) is 43.2 Å². The van der Waals surface area contributed by atoms with Gasteiger partial charge in [0.1, 0.15) is 0 Å². The maximum Gasteiger partial charge on any atom is 0.264 e. The zero-order chi connectivity index (χ0) is 24.7. The molecule has 35 heavy (non-hydrogen) atoms. The van der Waals surface area contributed by atoms with Gasteiger partial charge in [-0.1, -0.05) is 32.9 Å². The number of fused-ring (bicyclic) bond motifs is 3. The molecule has 0 saturated carbocycles. The summed E-state index contributed by atoms with van der Waals surface area (Å²) in [5.41, 5.74) is 3.04. The van der Waals surface area contributed by atoms with Crippen LogP contribution >= 0.6 is 11.3 Å². The first-order valence-corrected chi connectivity index (χ1v) is 12.6. The molecular weight excluding hydrogens is 458 g/mol. The zero-order valence-electron chi connectivity index (χ0n) is 20.5. The Morgan fingerprint density at radius 1 is 1.00 bits per heavy atom. The first-order chi connectivity index (χ1) is 16.7. The van der Waals surface area contributed by atoms with Gasteiger partial charge in [0.2, 0.25) is 11.9 Å². The third-order valence-electron chi connectivity index (χ3n) is 6.45. The molecule has 2 amide bonds. The van der Waals surface area contributed by atoms with Gasteiger partial charge in [0.15, 0.2) is 0 Å². The highest BCUT2D eigenvalue weighted by Gasteiger charge is 2.25. The second kappa shape index (κ2) is 8.92. The normalized spacial score (nSPS) is 14.5. The highest BCUT2D eigenvalue weighted by Crippen LogP contribution is 2.33. The summed E-state index contributed by atoms with van der Waals surface area (Å²) >= 11 is 1.48. The van der Waals surface area contributed by atoms with Crippen molar-refractivity contribution in [3.8, 4) is 0 Å². The Hall–Kier alpha value is -3.52. The van der Waals surface area contributed by atoms with Crippen molar-refractivity contribution in [1.29, 1.82) is 0 Å². The van der Waals surface area contributed by atoms with E-state index in [1.165, 1.54) is 16.9 Å². The molecule has 0 aliphatic carbocycles. The van der Waals surface area contributed by atoms with Gasteiger partial charge in [-0.15, -0.1) is 11.3 Å². The number of amides is 2. The van der Waals surface area contributed by atoms with Crippen LogP contribution in [0.1, 0.15) is 42.9 Å². The van der Waals surface area contributed by atoms with Gasteiger partial charge in [0, 0.05) is 60.5 Å². The Labute approximate surface area is 208 Å². The molecule has 0 bridgehead atoms. The number of benzene rings is 2. The molecule has 5 rings (SSSR count). The lowest BCUT2D eigenvalue weighted by molar-refractivity contribution is -0.130. The van der Waals surface area contributed by atoms with Crippen molar-refractivity contribution in [2.75, 3.05) is 31.5 Å². The predicted octanol–water partition coefficient (Wildman–Crippen LogP) is 5.19. The van der Waals surface area contributed by atoms with E-state index >= 15 is 0 Å². The summed E-state index contributed by atoms with van der Waals surface area (Å²) in [6, 6.07) is 14.3. The van der Waals surface area contributed by atoms with Gasteiger partial charge < -0.3 is 15.1 Å². The zero-order valence-corrected chi connectivity index (χ0v) is 21.3. The summed E-state index contributed by atoms with van der Waals surface area (Å²) in [6.45, 7) is 10.4. The van der Waals surface area contributed by atoms with E-state index in [1.54, 1.807) is 11.8 Å². The topological polar surface area (TPSA) is 78.4 Å². The van der Waals surface area contributed by atoms with Crippen LogP contribution in [-0.2, 0) is 10.2 Å².